The molecule has 0 unspecified atom stereocenters. The monoisotopic (exact) mass is 299 g/mol. The van der Waals surface area contributed by atoms with Crippen LogP contribution in [0.3, 0.4) is 0 Å². The summed E-state index contributed by atoms with van der Waals surface area (Å²) < 4.78 is 0.924. The zero-order chi connectivity index (χ0) is 13.0. The van der Waals surface area contributed by atoms with Crippen LogP contribution in [0, 0.1) is 12.8 Å². The first-order valence-electron chi connectivity index (χ1n) is 5.63. The molecule has 2 N–H and O–H groups in total. The van der Waals surface area contributed by atoms with Gasteiger partial charge in [0.05, 0.1) is 0 Å². The molecule has 0 bridgehead atoms. The molecule has 1 aromatic rings. The minimum Gasteiger partial charge on any atom is -0.396 e. The van der Waals surface area contributed by atoms with E-state index in [1.807, 2.05) is 26.8 Å². The summed E-state index contributed by atoms with van der Waals surface area (Å²) in [4.78, 5) is 11.9. The van der Waals surface area contributed by atoms with Crippen LogP contribution < -0.4 is 5.32 Å². The number of rotatable bonds is 4. The topological polar surface area (TPSA) is 49.3 Å². The number of aryl methyl sites for hydroxylation is 1. The van der Waals surface area contributed by atoms with Crippen molar-refractivity contribution in [2.45, 2.75) is 26.8 Å². The summed E-state index contributed by atoms with van der Waals surface area (Å²) in [6.45, 7) is 5.83. The Morgan fingerprint density at radius 1 is 1.47 bits per heavy atom. The van der Waals surface area contributed by atoms with Crippen LogP contribution in [0.4, 0.5) is 0 Å². The third-order valence-electron chi connectivity index (χ3n) is 2.93. The van der Waals surface area contributed by atoms with Gasteiger partial charge in [0.2, 0.25) is 0 Å². The van der Waals surface area contributed by atoms with Gasteiger partial charge in [0.15, 0.2) is 0 Å². The van der Waals surface area contributed by atoms with Gasteiger partial charge in [-0.1, -0.05) is 28.9 Å². The van der Waals surface area contributed by atoms with Crippen molar-refractivity contribution >= 4 is 21.8 Å². The van der Waals surface area contributed by atoms with Gasteiger partial charge in [-0.25, -0.2) is 0 Å². The van der Waals surface area contributed by atoms with Crippen molar-refractivity contribution in [3.63, 3.8) is 0 Å². The molecule has 0 fully saturated rings. The van der Waals surface area contributed by atoms with Crippen molar-refractivity contribution in [2.24, 2.45) is 5.92 Å². The van der Waals surface area contributed by atoms with Gasteiger partial charge in [-0.2, -0.15) is 0 Å². The fourth-order valence-corrected chi connectivity index (χ4v) is 1.70. The molecule has 4 heteroatoms. The summed E-state index contributed by atoms with van der Waals surface area (Å²) in [6.07, 6.45) is 0. The molecule has 1 amide bonds. The summed E-state index contributed by atoms with van der Waals surface area (Å²) in [5, 5.41) is 11.9. The molecule has 0 spiro atoms. The Bertz CT molecular complexity index is 406. The van der Waals surface area contributed by atoms with Crippen molar-refractivity contribution < 1.29 is 9.90 Å². The van der Waals surface area contributed by atoms with Crippen molar-refractivity contribution in [1.29, 1.82) is 0 Å². The molecule has 0 aromatic heterocycles. The number of amides is 1. The van der Waals surface area contributed by atoms with E-state index in [9.17, 15) is 4.79 Å². The number of halogens is 1. The number of benzene rings is 1. The van der Waals surface area contributed by atoms with E-state index in [2.05, 4.69) is 21.2 Å². The highest BCUT2D eigenvalue weighted by Gasteiger charge is 2.15. The van der Waals surface area contributed by atoms with Gasteiger partial charge in [-0.3, -0.25) is 4.79 Å². The Labute approximate surface area is 110 Å². The van der Waals surface area contributed by atoms with Gasteiger partial charge in [0.1, 0.15) is 0 Å². The molecule has 3 nitrogen and oxygen atoms in total. The van der Waals surface area contributed by atoms with Crippen LogP contribution in [-0.2, 0) is 0 Å². The SMILES string of the molecule is Cc1ccc(C(=O)N[C@H](C)[C@@H](C)CO)cc1Br. The normalized spacial score (nSPS) is 14.2. The molecule has 0 heterocycles. The molecule has 1 aromatic carbocycles. The van der Waals surface area contributed by atoms with Gasteiger partial charge in [-0.15, -0.1) is 0 Å². The maximum absolute atomic E-state index is 11.9. The number of aliphatic hydroxyl groups excluding tert-OH is 1. The van der Waals surface area contributed by atoms with E-state index < -0.39 is 0 Å². The summed E-state index contributed by atoms with van der Waals surface area (Å²) in [5.41, 5.74) is 1.72. The van der Waals surface area contributed by atoms with E-state index >= 15 is 0 Å². The zero-order valence-corrected chi connectivity index (χ0v) is 11.9. The molecular weight excluding hydrogens is 282 g/mol. The summed E-state index contributed by atoms with van der Waals surface area (Å²) in [7, 11) is 0. The Morgan fingerprint density at radius 2 is 2.12 bits per heavy atom. The predicted molar refractivity (Wildman–Crippen MR) is 72.1 cm³/mol. The van der Waals surface area contributed by atoms with E-state index in [1.165, 1.54) is 0 Å². The fraction of sp³-hybridized carbons (Fsp3) is 0.462. The van der Waals surface area contributed by atoms with Gasteiger partial charge in [0, 0.05) is 22.7 Å². The molecule has 0 aliphatic rings. The first kappa shape index (κ1) is 14.2. The average molecular weight is 300 g/mol. The lowest BCUT2D eigenvalue weighted by Gasteiger charge is -2.19. The molecule has 0 saturated carbocycles. The number of carbonyl (C=O) groups is 1. The van der Waals surface area contributed by atoms with Crippen LogP contribution in [0.15, 0.2) is 22.7 Å². The second-order valence-electron chi connectivity index (χ2n) is 4.39. The van der Waals surface area contributed by atoms with E-state index in [-0.39, 0.29) is 24.5 Å². The second kappa shape index (κ2) is 6.17. The number of aliphatic hydroxyl groups is 1. The molecule has 1 rings (SSSR count). The van der Waals surface area contributed by atoms with Crippen LogP contribution in [0.5, 0.6) is 0 Å². The summed E-state index contributed by atoms with van der Waals surface area (Å²) >= 11 is 3.40. The number of carbonyl (C=O) groups excluding carboxylic acids is 1. The smallest absolute Gasteiger partial charge is 0.251 e. The highest BCUT2D eigenvalue weighted by molar-refractivity contribution is 9.10. The second-order valence-corrected chi connectivity index (χ2v) is 5.24. The Morgan fingerprint density at radius 3 is 2.65 bits per heavy atom. The molecular formula is C13H18BrNO2. The summed E-state index contributed by atoms with van der Waals surface area (Å²) in [6, 6.07) is 5.46. The van der Waals surface area contributed by atoms with Crippen molar-refractivity contribution in [2.75, 3.05) is 6.61 Å². The molecule has 94 valence electrons. The third kappa shape index (κ3) is 3.82. The van der Waals surface area contributed by atoms with Gasteiger partial charge in [-0.05, 0) is 37.5 Å². The minimum absolute atomic E-state index is 0.0485. The first-order valence-corrected chi connectivity index (χ1v) is 6.43. The van der Waals surface area contributed by atoms with Gasteiger partial charge in [0.25, 0.3) is 5.91 Å². The predicted octanol–water partition coefficient (Wildman–Crippen LogP) is 2.50. The fourth-order valence-electron chi connectivity index (χ4n) is 1.32. The minimum atomic E-state index is -0.112. The Kier molecular flexibility index (Phi) is 5.15. The lowest BCUT2D eigenvalue weighted by atomic mass is 10.0. The van der Waals surface area contributed by atoms with Crippen molar-refractivity contribution in [3.05, 3.63) is 33.8 Å². The van der Waals surface area contributed by atoms with Crippen LogP contribution in [0.1, 0.15) is 29.8 Å². The zero-order valence-electron chi connectivity index (χ0n) is 10.3. The molecule has 2 atom stereocenters. The highest BCUT2D eigenvalue weighted by Crippen LogP contribution is 2.17. The van der Waals surface area contributed by atoms with Gasteiger partial charge < -0.3 is 10.4 Å². The van der Waals surface area contributed by atoms with E-state index in [4.69, 9.17) is 5.11 Å². The van der Waals surface area contributed by atoms with Crippen LogP contribution >= 0.6 is 15.9 Å². The Balaban J connectivity index is 2.73. The quantitative estimate of drug-likeness (QED) is 0.897. The van der Waals surface area contributed by atoms with Crippen LogP contribution in [-0.4, -0.2) is 23.7 Å². The van der Waals surface area contributed by atoms with E-state index in [0.717, 1.165) is 10.0 Å². The van der Waals surface area contributed by atoms with E-state index in [1.54, 1.807) is 12.1 Å². The maximum atomic E-state index is 11.9. The van der Waals surface area contributed by atoms with Crippen molar-refractivity contribution in [3.8, 4) is 0 Å². The van der Waals surface area contributed by atoms with Gasteiger partial charge >= 0.3 is 0 Å². The van der Waals surface area contributed by atoms with Crippen molar-refractivity contribution in [1.82, 2.24) is 5.32 Å². The summed E-state index contributed by atoms with van der Waals surface area (Å²) in [5.74, 6) is -0.0636. The standard InChI is InChI=1S/C13H18BrNO2/c1-8-4-5-11(6-12(8)14)13(17)15-10(3)9(2)7-16/h4-6,9-10,16H,7H2,1-3H3,(H,15,17)/t9-,10+/m0/s1. The highest BCUT2D eigenvalue weighted by atomic mass is 79.9. The third-order valence-corrected chi connectivity index (χ3v) is 3.79. The average Bonchev–Trinajstić information content (AvgIpc) is 2.31. The molecule has 0 aliphatic heterocycles. The number of hydrogen-bond donors (Lipinski definition) is 2. The van der Waals surface area contributed by atoms with E-state index in [0.29, 0.717) is 5.56 Å². The lowest BCUT2D eigenvalue weighted by Crippen LogP contribution is -2.38. The first-order chi connectivity index (χ1) is 7.95. The van der Waals surface area contributed by atoms with Crippen LogP contribution in [0.2, 0.25) is 0 Å². The van der Waals surface area contributed by atoms with Crippen LogP contribution in [0.25, 0.3) is 0 Å². The number of hydrogen-bond acceptors (Lipinski definition) is 2. The lowest BCUT2D eigenvalue weighted by molar-refractivity contribution is 0.0916. The Hall–Kier alpha value is -0.870. The molecule has 17 heavy (non-hydrogen) atoms. The molecule has 0 aliphatic carbocycles. The molecule has 0 saturated heterocycles. The largest absolute Gasteiger partial charge is 0.396 e. The molecule has 0 radical (unpaired) electrons. The number of nitrogens with one attached hydrogen (secondary N) is 1. The maximum Gasteiger partial charge on any atom is 0.251 e.